The van der Waals surface area contributed by atoms with Gasteiger partial charge >= 0.3 is 254 Å². The van der Waals surface area contributed by atoms with Crippen molar-refractivity contribution in [2.75, 3.05) is 0 Å². The molecule has 4 aromatic carbocycles. The van der Waals surface area contributed by atoms with Gasteiger partial charge < -0.3 is 0 Å². The monoisotopic (exact) mass is 660 g/mol. The Morgan fingerprint density at radius 2 is 0.933 bits per heavy atom. The van der Waals surface area contributed by atoms with Gasteiger partial charge in [-0.3, -0.25) is 0 Å². The fourth-order valence-electron chi connectivity index (χ4n) is 4.99. The van der Waals surface area contributed by atoms with Gasteiger partial charge in [0.25, 0.3) is 0 Å². The number of halogens is 10. The molecule has 0 fully saturated rings. The van der Waals surface area contributed by atoms with E-state index in [-0.39, 0.29) is 0 Å². The van der Waals surface area contributed by atoms with Gasteiger partial charge in [-0.1, -0.05) is 0 Å². The summed E-state index contributed by atoms with van der Waals surface area (Å²) < 4.78 is 144. The molecule has 0 radical (unpaired) electrons. The summed E-state index contributed by atoms with van der Waals surface area (Å²) in [6.45, 7) is 4.12. The Morgan fingerprint density at radius 1 is 0.533 bits per heavy atom. The van der Waals surface area contributed by atoms with Gasteiger partial charge in [0.05, 0.1) is 0 Å². The van der Waals surface area contributed by atoms with Crippen molar-refractivity contribution in [2.45, 2.75) is 13.1 Å². The summed E-state index contributed by atoms with van der Waals surface area (Å²) >= 11 is 0. The van der Waals surface area contributed by atoms with E-state index < -0.39 is 96.7 Å². The van der Waals surface area contributed by atoms with Crippen LogP contribution in [0.25, 0.3) is 5.57 Å². The summed E-state index contributed by atoms with van der Waals surface area (Å²) in [4.78, 5) is 0. The topological polar surface area (TPSA) is 0 Å². The van der Waals surface area contributed by atoms with E-state index >= 15 is 8.78 Å². The number of rotatable bonds is 6. The number of allylic oxidation sites excluding steroid dienone is 4. The van der Waals surface area contributed by atoms with Crippen LogP contribution in [0.2, 0.25) is 13.1 Å². The molecule has 0 aliphatic heterocycles. The Morgan fingerprint density at radius 3 is 1.38 bits per heavy atom. The van der Waals surface area contributed by atoms with Crippen LogP contribution in [0.15, 0.2) is 78.0 Å². The number of benzene rings is 4. The Kier molecular flexibility index (Phi) is 8.87. The SMILES string of the molecule is C[Si](C)(C=[Si](c1ccccc1)c1ccccc1)C1=CC(=Bc2c(F)c(F)c(F)c(F)c2F)C(c2c(F)c(F)c(F)c(F)c2F)=C1. The molecule has 0 unspecified atom stereocenters. The molecular weight excluding hydrogens is 641 g/mol. The molecule has 1 aliphatic rings. The van der Waals surface area contributed by atoms with Crippen LogP contribution in [0.4, 0.5) is 43.9 Å². The molecule has 228 valence electrons. The first-order valence-electron chi connectivity index (χ1n) is 13.3. The molecule has 0 aromatic heterocycles. The molecule has 0 bridgehead atoms. The maximum atomic E-state index is 15.1. The van der Waals surface area contributed by atoms with Gasteiger partial charge in [-0.05, 0) is 0 Å². The summed E-state index contributed by atoms with van der Waals surface area (Å²) in [5.74, 6) is -22.9. The third-order valence-electron chi connectivity index (χ3n) is 7.36. The number of hydrogen-bond donors (Lipinski definition) is 0. The van der Waals surface area contributed by atoms with E-state index in [0.29, 0.717) is 12.1 Å². The third-order valence-corrected chi connectivity index (χ3v) is 15.1. The first kappa shape index (κ1) is 32.3. The summed E-state index contributed by atoms with van der Waals surface area (Å²) in [5.41, 5.74) is -4.05. The second-order valence-electron chi connectivity index (χ2n) is 10.7. The summed E-state index contributed by atoms with van der Waals surface area (Å²) in [7, 11) is -4.55. The van der Waals surface area contributed by atoms with Crippen molar-refractivity contribution in [3.05, 3.63) is 142 Å². The Labute approximate surface area is 254 Å². The molecule has 0 saturated carbocycles. The van der Waals surface area contributed by atoms with Gasteiger partial charge in [0.1, 0.15) is 0 Å². The minimum absolute atomic E-state index is 0.339. The number of hydrogen-bond acceptors (Lipinski definition) is 0. The summed E-state index contributed by atoms with van der Waals surface area (Å²) in [6.07, 6.45) is 2.35. The molecule has 0 nitrogen and oxygen atoms in total. The molecule has 0 heterocycles. The molecule has 13 heteroatoms. The molecule has 4 aromatic rings. The van der Waals surface area contributed by atoms with Crippen LogP contribution in [-0.4, -0.2) is 34.2 Å². The first-order chi connectivity index (χ1) is 21.2. The van der Waals surface area contributed by atoms with Crippen molar-refractivity contribution in [2.24, 2.45) is 0 Å². The molecular formula is C32H19BF10Si2. The van der Waals surface area contributed by atoms with Crippen molar-refractivity contribution in [1.82, 2.24) is 0 Å². The van der Waals surface area contributed by atoms with Crippen molar-refractivity contribution in [3.8, 4) is 0 Å². The summed E-state index contributed by atoms with van der Waals surface area (Å²) in [5, 5.41) is 4.39. The quantitative estimate of drug-likeness (QED) is 0.102. The van der Waals surface area contributed by atoms with E-state index in [9.17, 15) is 35.1 Å². The zero-order chi connectivity index (χ0) is 32.8. The molecule has 5 rings (SSSR count). The van der Waals surface area contributed by atoms with Crippen LogP contribution >= 0.6 is 0 Å². The average molecular weight is 660 g/mol. The van der Waals surface area contributed by atoms with E-state index in [2.05, 4.69) is 5.30 Å². The van der Waals surface area contributed by atoms with Crippen molar-refractivity contribution in [3.63, 3.8) is 0 Å². The molecule has 0 saturated heterocycles. The molecule has 0 atom stereocenters. The van der Waals surface area contributed by atoms with Crippen LogP contribution in [-0.2, 0) is 0 Å². The normalized spacial score (nSPS) is 13.9. The molecule has 0 amide bonds. The van der Waals surface area contributed by atoms with Gasteiger partial charge in [-0.25, -0.2) is 0 Å². The van der Waals surface area contributed by atoms with Gasteiger partial charge in [0, 0.05) is 0 Å². The van der Waals surface area contributed by atoms with E-state index in [1.807, 2.05) is 73.8 Å². The Balaban J connectivity index is 1.78. The maximum absolute atomic E-state index is 15.1. The second-order valence-corrected chi connectivity index (χ2v) is 17.9. The molecule has 0 N–H and O–H groups in total. The van der Waals surface area contributed by atoms with Crippen molar-refractivity contribution < 1.29 is 43.9 Å². The predicted molar refractivity (Wildman–Crippen MR) is 160 cm³/mol. The standard InChI is InChI=1S/C32H19BF10Si2/c1-45(2,15-44(16-9-5-3-6-10-16)17-11-7-4-8-12-17)18-13-19(21-23(34)27(38)31(42)28(39)24(21)35)20(14-18)33-22-25(36)29(40)32(43)30(41)26(22)37/h3-15H,1-2H3. The summed E-state index contributed by atoms with van der Waals surface area (Å²) in [6, 6.07) is 18.8. The van der Waals surface area contributed by atoms with Gasteiger partial charge in [0.2, 0.25) is 0 Å². The second kappa shape index (κ2) is 12.4. The van der Waals surface area contributed by atoms with E-state index in [1.54, 1.807) is 0 Å². The fourth-order valence-corrected chi connectivity index (χ4v) is 12.4. The van der Waals surface area contributed by atoms with E-state index in [1.165, 1.54) is 6.08 Å². The molecule has 45 heavy (non-hydrogen) atoms. The first-order valence-corrected chi connectivity index (χ1v) is 17.9. The van der Waals surface area contributed by atoms with Crippen molar-refractivity contribution in [1.29, 1.82) is 0 Å². The van der Waals surface area contributed by atoms with Crippen LogP contribution in [0, 0.1) is 58.2 Å². The zero-order valence-corrected chi connectivity index (χ0v) is 25.4. The van der Waals surface area contributed by atoms with Gasteiger partial charge in [-0.2, -0.15) is 0 Å². The van der Waals surface area contributed by atoms with Crippen LogP contribution in [0.1, 0.15) is 5.56 Å². The predicted octanol–water partition coefficient (Wildman–Crippen LogP) is 6.08. The van der Waals surface area contributed by atoms with E-state index in [0.717, 1.165) is 16.4 Å². The zero-order valence-electron chi connectivity index (χ0n) is 23.4. The molecule has 0 spiro atoms. The Bertz CT molecular complexity index is 1870. The fraction of sp³-hybridized carbons (Fsp3) is 0.0625. The third kappa shape index (κ3) is 5.86. The van der Waals surface area contributed by atoms with Crippen molar-refractivity contribution >= 4 is 55.6 Å². The van der Waals surface area contributed by atoms with E-state index in [4.69, 9.17) is 0 Å². The van der Waals surface area contributed by atoms with Crippen LogP contribution in [0.3, 0.4) is 0 Å². The Hall–Kier alpha value is -4.10. The minimum atomic E-state index is -2.90. The molecule has 1 aliphatic carbocycles. The van der Waals surface area contributed by atoms with Crippen LogP contribution < -0.4 is 15.8 Å². The van der Waals surface area contributed by atoms with Crippen LogP contribution in [0.5, 0.6) is 0 Å². The average Bonchev–Trinajstić information content (AvgIpc) is 3.47. The van der Waals surface area contributed by atoms with Gasteiger partial charge in [0.15, 0.2) is 0 Å². The van der Waals surface area contributed by atoms with Gasteiger partial charge in [-0.15, -0.1) is 0 Å².